The number of rotatable bonds is 5. The van der Waals surface area contributed by atoms with Gasteiger partial charge in [-0.25, -0.2) is 4.98 Å². The number of nitrogens with one attached hydrogen (secondary N) is 1. The Kier molecular flexibility index (Phi) is 5.37. The summed E-state index contributed by atoms with van der Waals surface area (Å²) < 4.78 is 20.5. The number of aromatic nitrogens is 1. The first-order valence-corrected chi connectivity index (χ1v) is 7.66. The van der Waals surface area contributed by atoms with Gasteiger partial charge in [0, 0.05) is 16.6 Å². The highest BCUT2D eigenvalue weighted by atomic mass is 79.9. The maximum atomic E-state index is 13.0. The van der Waals surface area contributed by atoms with Crippen molar-refractivity contribution in [3.8, 4) is 5.75 Å². The second-order valence-electron chi connectivity index (χ2n) is 4.01. The van der Waals surface area contributed by atoms with E-state index in [1.54, 1.807) is 12.1 Å². The van der Waals surface area contributed by atoms with Crippen LogP contribution >= 0.6 is 31.9 Å². The summed E-state index contributed by atoms with van der Waals surface area (Å²) in [5, 5.41) is 3.08. The zero-order valence-corrected chi connectivity index (χ0v) is 14.0. The van der Waals surface area contributed by atoms with E-state index < -0.39 is 5.95 Å². The van der Waals surface area contributed by atoms with E-state index >= 15 is 0 Å². The number of benzene rings is 1. The lowest BCUT2D eigenvalue weighted by Gasteiger charge is -2.14. The van der Waals surface area contributed by atoms with Crippen molar-refractivity contribution < 1.29 is 9.13 Å². The fourth-order valence-corrected chi connectivity index (χ4v) is 3.17. The molecule has 0 spiro atoms. The molecule has 0 unspecified atom stereocenters. The predicted molar refractivity (Wildman–Crippen MR) is 84.5 cm³/mol. The molecule has 1 heterocycles. The summed E-state index contributed by atoms with van der Waals surface area (Å²) >= 11 is 6.93. The number of halogens is 3. The van der Waals surface area contributed by atoms with Crippen LogP contribution < -0.4 is 10.1 Å². The molecular formula is C14H13Br2FN2O. The van der Waals surface area contributed by atoms with Crippen molar-refractivity contribution in [1.82, 2.24) is 4.98 Å². The molecule has 0 amide bonds. The molecule has 20 heavy (non-hydrogen) atoms. The van der Waals surface area contributed by atoms with E-state index in [4.69, 9.17) is 4.74 Å². The predicted octanol–water partition coefficient (Wildman–Crippen LogP) is 4.76. The quantitative estimate of drug-likeness (QED) is 0.731. The first kappa shape index (κ1) is 15.3. The van der Waals surface area contributed by atoms with E-state index in [1.807, 2.05) is 19.1 Å². The van der Waals surface area contributed by atoms with Crippen LogP contribution in [0, 0.1) is 5.95 Å². The highest BCUT2D eigenvalue weighted by Gasteiger charge is 2.10. The fraction of sp³-hybridized carbons (Fsp3) is 0.214. The van der Waals surface area contributed by atoms with Gasteiger partial charge in [-0.15, -0.1) is 0 Å². The first-order valence-electron chi connectivity index (χ1n) is 6.07. The topological polar surface area (TPSA) is 34.1 Å². The summed E-state index contributed by atoms with van der Waals surface area (Å²) in [6.45, 7) is 3.00. The number of anilines is 1. The van der Waals surface area contributed by atoms with E-state index in [9.17, 15) is 4.39 Å². The van der Waals surface area contributed by atoms with Gasteiger partial charge in [-0.2, -0.15) is 4.39 Å². The summed E-state index contributed by atoms with van der Waals surface area (Å²) in [6.07, 6.45) is 0. The van der Waals surface area contributed by atoms with Gasteiger partial charge in [0.1, 0.15) is 11.6 Å². The zero-order chi connectivity index (χ0) is 14.5. The van der Waals surface area contributed by atoms with Crippen LogP contribution in [0.25, 0.3) is 0 Å². The number of hydrogen-bond donors (Lipinski definition) is 1. The van der Waals surface area contributed by atoms with E-state index in [2.05, 4.69) is 42.2 Å². The molecule has 0 aliphatic carbocycles. The van der Waals surface area contributed by atoms with Gasteiger partial charge >= 0.3 is 0 Å². The van der Waals surface area contributed by atoms with Crippen LogP contribution in [0.4, 0.5) is 10.2 Å². The van der Waals surface area contributed by atoms with E-state index in [0.29, 0.717) is 19.0 Å². The lowest BCUT2D eigenvalue weighted by molar-refractivity contribution is 0.334. The highest BCUT2D eigenvalue weighted by molar-refractivity contribution is 9.11. The molecular weight excluding hydrogens is 391 g/mol. The van der Waals surface area contributed by atoms with Crippen molar-refractivity contribution in [2.75, 3.05) is 11.9 Å². The minimum atomic E-state index is -0.504. The summed E-state index contributed by atoms with van der Waals surface area (Å²) in [6, 6.07) is 8.53. The summed E-state index contributed by atoms with van der Waals surface area (Å²) in [5.74, 6) is 0.763. The smallest absolute Gasteiger partial charge is 0.214 e. The van der Waals surface area contributed by atoms with Gasteiger partial charge in [-0.1, -0.05) is 22.0 Å². The van der Waals surface area contributed by atoms with Crippen molar-refractivity contribution in [2.45, 2.75) is 13.5 Å². The van der Waals surface area contributed by atoms with Gasteiger partial charge in [0.2, 0.25) is 5.95 Å². The zero-order valence-electron chi connectivity index (χ0n) is 10.8. The normalized spacial score (nSPS) is 10.4. The van der Waals surface area contributed by atoms with Gasteiger partial charge in [-0.05, 0) is 47.1 Å². The fourth-order valence-electron chi connectivity index (χ4n) is 1.74. The lowest BCUT2D eigenvalue weighted by Crippen LogP contribution is -2.05. The highest BCUT2D eigenvalue weighted by Crippen LogP contribution is 2.33. The largest absolute Gasteiger partial charge is 0.492 e. The van der Waals surface area contributed by atoms with Crippen LogP contribution in [0.3, 0.4) is 0 Å². The summed E-state index contributed by atoms with van der Waals surface area (Å²) in [4.78, 5) is 3.77. The minimum absolute atomic E-state index is 0.489. The van der Waals surface area contributed by atoms with Crippen molar-refractivity contribution in [3.63, 3.8) is 0 Å². The average Bonchev–Trinajstić information content (AvgIpc) is 2.40. The molecule has 0 fully saturated rings. The molecule has 1 aromatic heterocycles. The Hall–Kier alpha value is -1.14. The Morgan fingerprint density at radius 1 is 1.30 bits per heavy atom. The molecule has 0 saturated carbocycles. The minimum Gasteiger partial charge on any atom is -0.492 e. The molecule has 0 aliphatic heterocycles. The number of ether oxygens (including phenoxy) is 1. The van der Waals surface area contributed by atoms with Crippen LogP contribution in [-0.4, -0.2) is 11.6 Å². The van der Waals surface area contributed by atoms with Gasteiger partial charge in [-0.3, -0.25) is 0 Å². The number of nitrogens with zero attached hydrogens (tertiary/aromatic N) is 1. The molecule has 0 radical (unpaired) electrons. The van der Waals surface area contributed by atoms with E-state index in [-0.39, 0.29) is 0 Å². The second-order valence-corrected chi connectivity index (χ2v) is 5.78. The monoisotopic (exact) mass is 402 g/mol. The third kappa shape index (κ3) is 3.93. The Morgan fingerprint density at radius 2 is 2.10 bits per heavy atom. The van der Waals surface area contributed by atoms with E-state index in [1.165, 1.54) is 6.07 Å². The molecule has 0 aliphatic rings. The lowest BCUT2D eigenvalue weighted by atomic mass is 10.2. The van der Waals surface area contributed by atoms with Crippen LogP contribution in [0.5, 0.6) is 5.75 Å². The molecule has 1 N–H and O–H groups in total. The van der Waals surface area contributed by atoms with Crippen molar-refractivity contribution >= 4 is 37.7 Å². The van der Waals surface area contributed by atoms with Crippen LogP contribution in [0.2, 0.25) is 0 Å². The van der Waals surface area contributed by atoms with Gasteiger partial charge in [0.15, 0.2) is 0 Å². The molecule has 1 aromatic carbocycles. The van der Waals surface area contributed by atoms with Crippen LogP contribution in [-0.2, 0) is 6.54 Å². The van der Waals surface area contributed by atoms with Crippen LogP contribution in [0.1, 0.15) is 12.5 Å². The Bertz CT molecular complexity index is 608. The summed E-state index contributed by atoms with van der Waals surface area (Å²) in [5.41, 5.74) is 0.958. The number of hydrogen-bond acceptors (Lipinski definition) is 3. The van der Waals surface area contributed by atoms with Crippen molar-refractivity contribution in [2.24, 2.45) is 0 Å². The molecule has 6 heteroatoms. The Morgan fingerprint density at radius 3 is 2.80 bits per heavy atom. The Balaban J connectivity index is 2.20. The van der Waals surface area contributed by atoms with Gasteiger partial charge < -0.3 is 10.1 Å². The second kappa shape index (κ2) is 7.04. The van der Waals surface area contributed by atoms with Crippen molar-refractivity contribution in [3.05, 3.63) is 50.8 Å². The third-order valence-electron chi connectivity index (χ3n) is 2.55. The van der Waals surface area contributed by atoms with E-state index in [0.717, 1.165) is 20.3 Å². The average molecular weight is 404 g/mol. The molecule has 3 nitrogen and oxygen atoms in total. The van der Waals surface area contributed by atoms with Crippen molar-refractivity contribution in [1.29, 1.82) is 0 Å². The molecule has 0 saturated heterocycles. The maximum Gasteiger partial charge on any atom is 0.214 e. The summed E-state index contributed by atoms with van der Waals surface area (Å²) in [7, 11) is 0. The maximum absolute atomic E-state index is 13.0. The first-order chi connectivity index (χ1) is 9.60. The molecule has 2 aromatic rings. The third-order valence-corrected chi connectivity index (χ3v) is 3.60. The molecule has 106 valence electrons. The van der Waals surface area contributed by atoms with Gasteiger partial charge in [0.25, 0.3) is 0 Å². The molecule has 2 rings (SSSR count). The number of pyridine rings is 1. The SMILES string of the molecule is CCOc1c(Br)cc(Br)cc1CNc1cccc(F)n1. The Labute approximate surface area is 133 Å². The standard InChI is InChI=1S/C14H13Br2FN2O/c1-2-20-14-9(6-10(15)7-11(14)16)8-18-13-5-3-4-12(17)19-13/h3-7H,2,8H2,1H3,(H,18,19). The molecule has 0 atom stereocenters. The van der Waals surface area contributed by atoms with Crippen LogP contribution in [0.15, 0.2) is 39.3 Å². The molecule has 0 bridgehead atoms. The van der Waals surface area contributed by atoms with Gasteiger partial charge in [0.05, 0.1) is 11.1 Å².